The quantitative estimate of drug-likeness (QED) is 0.767. The fourth-order valence-corrected chi connectivity index (χ4v) is 3.07. The van der Waals surface area contributed by atoms with E-state index in [-0.39, 0.29) is 6.29 Å². The smallest absolute Gasteiger partial charge is 0.160 e. The van der Waals surface area contributed by atoms with Crippen molar-refractivity contribution in [3.63, 3.8) is 0 Å². The number of hydrogen-bond donors (Lipinski definition) is 0. The number of ether oxygens (including phenoxy) is 2. The number of thiophene rings is 1. The highest BCUT2D eigenvalue weighted by Gasteiger charge is 2.25. The van der Waals surface area contributed by atoms with Crippen LogP contribution in [0.2, 0.25) is 0 Å². The summed E-state index contributed by atoms with van der Waals surface area (Å²) in [6, 6.07) is 4.34. The maximum absolute atomic E-state index is 5.77. The van der Waals surface area contributed by atoms with Gasteiger partial charge in [0.2, 0.25) is 0 Å². The minimum atomic E-state index is 0.0254. The van der Waals surface area contributed by atoms with Crippen LogP contribution in [0.15, 0.2) is 17.5 Å². The zero-order valence-corrected chi connectivity index (χ0v) is 11.4. The van der Waals surface area contributed by atoms with Crippen LogP contribution in [-0.2, 0) is 15.9 Å². The van der Waals surface area contributed by atoms with Gasteiger partial charge in [-0.15, -0.1) is 11.3 Å². The zero-order chi connectivity index (χ0) is 11.9. The molecule has 1 saturated heterocycles. The van der Waals surface area contributed by atoms with E-state index in [1.54, 1.807) is 0 Å². The van der Waals surface area contributed by atoms with Gasteiger partial charge in [0.1, 0.15) is 0 Å². The largest absolute Gasteiger partial charge is 0.352 e. The summed E-state index contributed by atoms with van der Waals surface area (Å²) in [6.07, 6.45) is 5.88. The summed E-state index contributed by atoms with van der Waals surface area (Å²) in [5, 5.41) is 2.15. The average molecular weight is 254 g/mol. The van der Waals surface area contributed by atoms with Gasteiger partial charge in [-0.3, -0.25) is 0 Å². The molecule has 2 heterocycles. The van der Waals surface area contributed by atoms with Crippen molar-refractivity contribution in [2.45, 2.75) is 45.3 Å². The maximum Gasteiger partial charge on any atom is 0.160 e. The molecule has 0 radical (unpaired) electrons. The highest BCUT2D eigenvalue weighted by molar-refractivity contribution is 7.09. The Morgan fingerprint density at radius 3 is 2.88 bits per heavy atom. The molecule has 0 amide bonds. The lowest BCUT2D eigenvalue weighted by Crippen LogP contribution is -2.33. The summed E-state index contributed by atoms with van der Waals surface area (Å²) in [5.74, 6) is 0.522. The molecule has 0 N–H and O–H groups in total. The van der Waals surface area contributed by atoms with E-state index in [0.717, 1.165) is 26.1 Å². The Morgan fingerprint density at radius 1 is 1.41 bits per heavy atom. The van der Waals surface area contributed by atoms with Crippen LogP contribution in [0.1, 0.15) is 37.5 Å². The first-order valence-corrected chi connectivity index (χ1v) is 7.53. The van der Waals surface area contributed by atoms with Crippen molar-refractivity contribution in [2.24, 2.45) is 5.92 Å². The lowest BCUT2D eigenvalue weighted by Gasteiger charge is -2.30. The molecule has 1 aromatic heterocycles. The van der Waals surface area contributed by atoms with Gasteiger partial charge in [-0.25, -0.2) is 0 Å². The van der Waals surface area contributed by atoms with Crippen LogP contribution >= 0.6 is 11.3 Å². The zero-order valence-electron chi connectivity index (χ0n) is 10.6. The molecule has 1 atom stereocenters. The second-order valence-corrected chi connectivity index (χ2v) is 5.68. The van der Waals surface area contributed by atoms with Gasteiger partial charge in [-0.2, -0.15) is 0 Å². The Labute approximate surface area is 108 Å². The van der Waals surface area contributed by atoms with E-state index in [2.05, 4.69) is 24.4 Å². The maximum atomic E-state index is 5.77. The summed E-state index contributed by atoms with van der Waals surface area (Å²) < 4.78 is 11.5. The van der Waals surface area contributed by atoms with Gasteiger partial charge < -0.3 is 9.47 Å². The van der Waals surface area contributed by atoms with Gasteiger partial charge >= 0.3 is 0 Å². The first-order valence-electron chi connectivity index (χ1n) is 6.65. The first-order chi connectivity index (χ1) is 8.40. The van der Waals surface area contributed by atoms with E-state index in [9.17, 15) is 0 Å². The summed E-state index contributed by atoms with van der Waals surface area (Å²) >= 11 is 1.84. The second-order valence-electron chi connectivity index (χ2n) is 4.65. The van der Waals surface area contributed by atoms with Crippen LogP contribution in [0.4, 0.5) is 0 Å². The van der Waals surface area contributed by atoms with Crippen LogP contribution in [0.3, 0.4) is 0 Å². The molecule has 2 rings (SSSR count). The van der Waals surface area contributed by atoms with E-state index in [1.807, 2.05) is 11.3 Å². The molecule has 2 nitrogen and oxygen atoms in total. The van der Waals surface area contributed by atoms with Crippen molar-refractivity contribution < 1.29 is 9.47 Å². The van der Waals surface area contributed by atoms with E-state index >= 15 is 0 Å². The van der Waals surface area contributed by atoms with Crippen molar-refractivity contribution >= 4 is 11.3 Å². The van der Waals surface area contributed by atoms with Crippen molar-refractivity contribution in [2.75, 3.05) is 13.2 Å². The fraction of sp³-hybridized carbons (Fsp3) is 0.714. The lowest BCUT2D eigenvalue weighted by molar-refractivity contribution is -0.205. The fourth-order valence-electron chi connectivity index (χ4n) is 2.27. The van der Waals surface area contributed by atoms with Crippen molar-refractivity contribution in [1.29, 1.82) is 0 Å². The second kappa shape index (κ2) is 7.14. The van der Waals surface area contributed by atoms with Crippen LogP contribution in [0.25, 0.3) is 0 Å². The summed E-state index contributed by atoms with van der Waals surface area (Å²) in [7, 11) is 0. The van der Waals surface area contributed by atoms with Gasteiger partial charge in [0.25, 0.3) is 0 Å². The molecule has 1 aromatic rings. The topological polar surface area (TPSA) is 18.5 Å². The Bertz CT molecular complexity index is 291. The molecule has 96 valence electrons. The molecule has 1 unspecified atom stereocenters. The van der Waals surface area contributed by atoms with Gasteiger partial charge in [-0.1, -0.05) is 25.8 Å². The molecule has 0 aromatic carbocycles. The molecular formula is C14H22O2S. The number of rotatable bonds is 6. The molecule has 1 aliphatic heterocycles. The minimum absolute atomic E-state index is 0.0254. The van der Waals surface area contributed by atoms with Crippen molar-refractivity contribution in [1.82, 2.24) is 0 Å². The van der Waals surface area contributed by atoms with E-state index < -0.39 is 0 Å². The molecule has 3 heteroatoms. The SMILES string of the molecule is CCCCC(Cc1cccs1)C1OCCCO1. The molecule has 0 aliphatic carbocycles. The summed E-state index contributed by atoms with van der Waals surface area (Å²) in [4.78, 5) is 1.45. The van der Waals surface area contributed by atoms with Gasteiger partial charge in [0, 0.05) is 10.8 Å². The summed E-state index contributed by atoms with van der Waals surface area (Å²) in [5.41, 5.74) is 0. The highest BCUT2D eigenvalue weighted by Crippen LogP contribution is 2.25. The first kappa shape index (κ1) is 13.1. The van der Waals surface area contributed by atoms with Crippen LogP contribution in [0, 0.1) is 5.92 Å². The van der Waals surface area contributed by atoms with Gasteiger partial charge in [-0.05, 0) is 30.7 Å². The number of hydrogen-bond acceptors (Lipinski definition) is 3. The average Bonchev–Trinajstić information content (AvgIpc) is 2.88. The summed E-state index contributed by atoms with van der Waals surface area (Å²) in [6.45, 7) is 3.96. The number of unbranched alkanes of at least 4 members (excludes halogenated alkanes) is 1. The minimum Gasteiger partial charge on any atom is -0.352 e. The van der Waals surface area contributed by atoms with E-state index in [0.29, 0.717) is 5.92 Å². The normalized spacial score (nSPS) is 19.4. The third kappa shape index (κ3) is 4.09. The Hall–Kier alpha value is -0.380. The standard InChI is InChI=1S/C14H22O2S/c1-2-3-6-12(11-13-7-4-10-17-13)14-15-8-5-9-16-14/h4,7,10,12,14H,2-3,5-6,8-9,11H2,1H3. The van der Waals surface area contributed by atoms with Gasteiger partial charge in [0.05, 0.1) is 13.2 Å². The highest BCUT2D eigenvalue weighted by atomic mass is 32.1. The van der Waals surface area contributed by atoms with Crippen molar-refractivity contribution in [3.8, 4) is 0 Å². The van der Waals surface area contributed by atoms with Crippen molar-refractivity contribution in [3.05, 3.63) is 22.4 Å². The Balaban J connectivity index is 1.91. The molecule has 17 heavy (non-hydrogen) atoms. The Morgan fingerprint density at radius 2 is 2.24 bits per heavy atom. The third-order valence-electron chi connectivity index (χ3n) is 3.21. The predicted octanol–water partition coefficient (Wildman–Crippen LogP) is 3.86. The lowest BCUT2D eigenvalue weighted by atomic mass is 9.96. The molecule has 1 aliphatic rings. The van der Waals surface area contributed by atoms with E-state index in [1.165, 1.54) is 24.1 Å². The molecule has 0 bridgehead atoms. The molecule has 0 saturated carbocycles. The third-order valence-corrected chi connectivity index (χ3v) is 4.11. The van der Waals surface area contributed by atoms with Crippen LogP contribution in [0.5, 0.6) is 0 Å². The van der Waals surface area contributed by atoms with Crippen LogP contribution in [-0.4, -0.2) is 19.5 Å². The van der Waals surface area contributed by atoms with Crippen LogP contribution < -0.4 is 0 Å². The monoisotopic (exact) mass is 254 g/mol. The van der Waals surface area contributed by atoms with E-state index in [4.69, 9.17) is 9.47 Å². The molecular weight excluding hydrogens is 232 g/mol. The predicted molar refractivity (Wildman–Crippen MR) is 71.3 cm³/mol. The molecule has 0 spiro atoms. The van der Waals surface area contributed by atoms with Gasteiger partial charge in [0.15, 0.2) is 6.29 Å². The Kier molecular flexibility index (Phi) is 5.49. The molecule has 1 fully saturated rings.